The van der Waals surface area contributed by atoms with Crippen LogP contribution in [0.2, 0.25) is 0 Å². The van der Waals surface area contributed by atoms with Gasteiger partial charge in [0.2, 0.25) is 0 Å². The van der Waals surface area contributed by atoms with Crippen molar-refractivity contribution in [1.82, 2.24) is 20.5 Å². The van der Waals surface area contributed by atoms with Gasteiger partial charge in [0.15, 0.2) is 0 Å². The van der Waals surface area contributed by atoms with E-state index in [2.05, 4.69) is 20.9 Å². The second-order valence-electron chi connectivity index (χ2n) is 4.71. The van der Waals surface area contributed by atoms with Crippen LogP contribution in [0.5, 0.6) is 0 Å². The Morgan fingerprint density at radius 3 is 2.57 bits per heavy atom. The Bertz CT molecular complexity index is 476. The van der Waals surface area contributed by atoms with Crippen molar-refractivity contribution in [1.29, 1.82) is 0 Å². The standard InChI is InChI=1S/C14H23N5O2/c1-4-7-15-12-11(6-5-8-16-12)13(20)17-9-10-18-14(21)19(2)3/h5-6,8H,4,7,9-10H2,1-3H3,(H,15,16)(H,17,20)(H,18,21). The number of aromatic nitrogens is 1. The average Bonchev–Trinajstić information content (AvgIpc) is 2.49. The van der Waals surface area contributed by atoms with E-state index in [1.807, 2.05) is 6.92 Å². The third-order valence-electron chi connectivity index (χ3n) is 2.69. The minimum atomic E-state index is -0.208. The number of carbonyl (C=O) groups is 2. The summed E-state index contributed by atoms with van der Waals surface area (Å²) in [4.78, 5) is 29.0. The van der Waals surface area contributed by atoms with E-state index in [0.29, 0.717) is 24.5 Å². The molecule has 21 heavy (non-hydrogen) atoms. The van der Waals surface area contributed by atoms with Crippen LogP contribution in [0.25, 0.3) is 0 Å². The first-order chi connectivity index (χ1) is 10.1. The Morgan fingerprint density at radius 2 is 1.90 bits per heavy atom. The minimum absolute atomic E-state index is 0.184. The van der Waals surface area contributed by atoms with Gasteiger partial charge in [-0.25, -0.2) is 9.78 Å². The van der Waals surface area contributed by atoms with E-state index in [1.54, 1.807) is 32.4 Å². The number of pyridine rings is 1. The molecule has 0 saturated heterocycles. The molecule has 116 valence electrons. The van der Waals surface area contributed by atoms with Crippen molar-refractivity contribution >= 4 is 17.8 Å². The van der Waals surface area contributed by atoms with Gasteiger partial charge in [-0.05, 0) is 18.6 Å². The van der Waals surface area contributed by atoms with E-state index < -0.39 is 0 Å². The molecule has 0 aliphatic rings. The summed E-state index contributed by atoms with van der Waals surface area (Å²) in [6, 6.07) is 3.26. The average molecular weight is 293 g/mol. The fourth-order valence-electron chi connectivity index (χ4n) is 1.57. The van der Waals surface area contributed by atoms with Crippen LogP contribution in [0.1, 0.15) is 23.7 Å². The Kier molecular flexibility index (Phi) is 7.00. The van der Waals surface area contributed by atoms with Crippen LogP contribution < -0.4 is 16.0 Å². The number of urea groups is 1. The SMILES string of the molecule is CCCNc1ncccc1C(=O)NCCNC(=O)N(C)C. The first kappa shape index (κ1) is 16.7. The number of rotatable bonds is 7. The van der Waals surface area contributed by atoms with E-state index in [9.17, 15) is 9.59 Å². The van der Waals surface area contributed by atoms with Gasteiger partial charge in [-0.15, -0.1) is 0 Å². The van der Waals surface area contributed by atoms with Crippen LogP contribution in [-0.4, -0.2) is 55.6 Å². The molecule has 1 rings (SSSR count). The van der Waals surface area contributed by atoms with Crippen LogP contribution in [0.15, 0.2) is 18.3 Å². The second-order valence-corrected chi connectivity index (χ2v) is 4.71. The van der Waals surface area contributed by atoms with E-state index in [1.165, 1.54) is 4.90 Å². The van der Waals surface area contributed by atoms with Crippen molar-refractivity contribution in [3.63, 3.8) is 0 Å². The number of nitrogens with one attached hydrogen (secondary N) is 3. The number of nitrogens with zero attached hydrogens (tertiary/aromatic N) is 2. The lowest BCUT2D eigenvalue weighted by Crippen LogP contribution is -2.39. The molecular weight excluding hydrogens is 270 g/mol. The molecule has 7 heteroatoms. The molecule has 1 aromatic rings. The molecule has 0 atom stereocenters. The molecule has 0 radical (unpaired) electrons. The quantitative estimate of drug-likeness (QED) is 0.652. The third kappa shape index (κ3) is 5.68. The molecule has 1 heterocycles. The highest BCUT2D eigenvalue weighted by Crippen LogP contribution is 2.10. The first-order valence-electron chi connectivity index (χ1n) is 6.98. The van der Waals surface area contributed by atoms with E-state index in [-0.39, 0.29) is 11.9 Å². The minimum Gasteiger partial charge on any atom is -0.369 e. The van der Waals surface area contributed by atoms with Gasteiger partial charge in [0.25, 0.3) is 5.91 Å². The molecule has 3 N–H and O–H groups in total. The van der Waals surface area contributed by atoms with Crippen LogP contribution in [0, 0.1) is 0 Å². The lowest BCUT2D eigenvalue weighted by atomic mass is 10.2. The van der Waals surface area contributed by atoms with E-state index in [4.69, 9.17) is 0 Å². The summed E-state index contributed by atoms with van der Waals surface area (Å²) in [6.45, 7) is 3.54. The zero-order valence-corrected chi connectivity index (χ0v) is 12.8. The molecule has 0 aromatic carbocycles. The lowest BCUT2D eigenvalue weighted by Gasteiger charge is -2.13. The van der Waals surface area contributed by atoms with Gasteiger partial charge in [0.1, 0.15) is 5.82 Å². The maximum atomic E-state index is 12.1. The zero-order chi connectivity index (χ0) is 15.7. The number of amides is 3. The topological polar surface area (TPSA) is 86.4 Å². The zero-order valence-electron chi connectivity index (χ0n) is 12.8. The summed E-state index contributed by atoms with van der Waals surface area (Å²) < 4.78 is 0. The van der Waals surface area contributed by atoms with Crippen molar-refractivity contribution < 1.29 is 9.59 Å². The van der Waals surface area contributed by atoms with Gasteiger partial charge in [-0.1, -0.05) is 6.92 Å². The molecule has 3 amide bonds. The fraction of sp³-hybridized carbons (Fsp3) is 0.500. The van der Waals surface area contributed by atoms with Crippen molar-refractivity contribution in [3.8, 4) is 0 Å². The Balaban J connectivity index is 2.46. The smallest absolute Gasteiger partial charge is 0.316 e. The van der Waals surface area contributed by atoms with Gasteiger partial charge >= 0.3 is 6.03 Å². The molecule has 0 aliphatic heterocycles. The summed E-state index contributed by atoms with van der Waals surface area (Å²) in [5, 5.41) is 8.56. The van der Waals surface area contributed by atoms with Crippen LogP contribution in [-0.2, 0) is 0 Å². The molecule has 0 unspecified atom stereocenters. The predicted octanol–water partition coefficient (Wildman–Crippen LogP) is 0.904. The van der Waals surface area contributed by atoms with Crippen LogP contribution in [0.4, 0.5) is 10.6 Å². The van der Waals surface area contributed by atoms with E-state index in [0.717, 1.165) is 13.0 Å². The Hall–Kier alpha value is -2.31. The molecule has 0 bridgehead atoms. The van der Waals surface area contributed by atoms with Crippen molar-refractivity contribution in [2.24, 2.45) is 0 Å². The second kappa shape index (κ2) is 8.78. The molecule has 0 fully saturated rings. The number of hydrogen-bond acceptors (Lipinski definition) is 4. The third-order valence-corrected chi connectivity index (χ3v) is 2.69. The largest absolute Gasteiger partial charge is 0.369 e. The Morgan fingerprint density at radius 1 is 1.19 bits per heavy atom. The summed E-state index contributed by atoms with van der Waals surface area (Å²) in [7, 11) is 3.32. The summed E-state index contributed by atoms with van der Waals surface area (Å²) in [5.74, 6) is 0.370. The molecule has 0 spiro atoms. The maximum absolute atomic E-state index is 12.1. The normalized spacial score (nSPS) is 9.86. The molecular formula is C14H23N5O2. The molecule has 0 saturated carbocycles. The highest BCUT2D eigenvalue weighted by atomic mass is 16.2. The van der Waals surface area contributed by atoms with Crippen LogP contribution >= 0.6 is 0 Å². The van der Waals surface area contributed by atoms with Crippen molar-refractivity contribution in [2.45, 2.75) is 13.3 Å². The van der Waals surface area contributed by atoms with Gasteiger partial charge in [0.05, 0.1) is 5.56 Å². The van der Waals surface area contributed by atoms with Crippen molar-refractivity contribution in [2.75, 3.05) is 39.0 Å². The van der Waals surface area contributed by atoms with Crippen LogP contribution in [0.3, 0.4) is 0 Å². The number of hydrogen-bond donors (Lipinski definition) is 3. The molecule has 7 nitrogen and oxygen atoms in total. The van der Waals surface area contributed by atoms with Gasteiger partial charge in [0, 0.05) is 39.9 Å². The monoisotopic (exact) mass is 293 g/mol. The molecule has 0 aliphatic carbocycles. The van der Waals surface area contributed by atoms with Crippen molar-refractivity contribution in [3.05, 3.63) is 23.9 Å². The number of carbonyl (C=O) groups excluding carboxylic acids is 2. The highest BCUT2D eigenvalue weighted by molar-refractivity contribution is 5.98. The lowest BCUT2D eigenvalue weighted by molar-refractivity contribution is 0.0954. The Labute approximate surface area is 125 Å². The fourth-order valence-corrected chi connectivity index (χ4v) is 1.57. The van der Waals surface area contributed by atoms with E-state index >= 15 is 0 Å². The van der Waals surface area contributed by atoms with Gasteiger partial charge in [-0.2, -0.15) is 0 Å². The maximum Gasteiger partial charge on any atom is 0.316 e. The van der Waals surface area contributed by atoms with Gasteiger partial charge in [-0.3, -0.25) is 4.79 Å². The summed E-state index contributed by atoms with van der Waals surface area (Å²) in [6.07, 6.45) is 2.60. The number of anilines is 1. The predicted molar refractivity (Wildman–Crippen MR) is 82.4 cm³/mol. The summed E-state index contributed by atoms with van der Waals surface area (Å²) >= 11 is 0. The highest BCUT2D eigenvalue weighted by Gasteiger charge is 2.11. The molecule has 1 aromatic heterocycles. The summed E-state index contributed by atoms with van der Waals surface area (Å²) in [5.41, 5.74) is 0.505. The van der Waals surface area contributed by atoms with Gasteiger partial charge < -0.3 is 20.9 Å². The first-order valence-corrected chi connectivity index (χ1v) is 6.98.